The molecule has 0 unspecified atom stereocenters. The molecule has 0 spiro atoms. The Labute approximate surface area is 137 Å². The minimum atomic E-state index is -0.225. The molecule has 1 aliphatic heterocycles. The van der Waals surface area contributed by atoms with E-state index in [-0.39, 0.29) is 17.7 Å². The summed E-state index contributed by atoms with van der Waals surface area (Å²) in [6.07, 6.45) is 1.84. The molecule has 1 aromatic heterocycles. The Balaban J connectivity index is 1.85. The van der Waals surface area contributed by atoms with Gasteiger partial charge in [-0.2, -0.15) is 5.10 Å². The third-order valence-corrected chi connectivity index (χ3v) is 4.53. The summed E-state index contributed by atoms with van der Waals surface area (Å²) in [6.45, 7) is 9.46. The number of hydrogen-bond donors (Lipinski definition) is 2. The molecular formula is C16H27N5O2. The molecule has 1 aromatic rings. The fraction of sp³-hybridized carbons (Fsp3) is 0.688. The molecule has 128 valence electrons. The van der Waals surface area contributed by atoms with Gasteiger partial charge in [-0.05, 0) is 40.2 Å². The molecule has 2 rings (SSSR count). The molecular weight excluding hydrogens is 294 g/mol. The lowest BCUT2D eigenvalue weighted by Crippen LogP contribution is -2.44. The van der Waals surface area contributed by atoms with Crippen molar-refractivity contribution in [2.24, 2.45) is 11.7 Å². The Kier molecular flexibility index (Phi) is 5.76. The number of amides is 2. The predicted molar refractivity (Wildman–Crippen MR) is 88.1 cm³/mol. The fourth-order valence-corrected chi connectivity index (χ4v) is 3.24. The SMILES string of the molecule is CCn1nc(C)c(C(=O)NCCN2CCC[C@H](C(N)=O)C2)c1C. The summed E-state index contributed by atoms with van der Waals surface area (Å²) < 4.78 is 1.84. The van der Waals surface area contributed by atoms with E-state index < -0.39 is 0 Å². The molecule has 3 N–H and O–H groups in total. The number of rotatable bonds is 6. The van der Waals surface area contributed by atoms with Crippen LogP contribution in [0.5, 0.6) is 0 Å². The monoisotopic (exact) mass is 321 g/mol. The molecule has 1 aliphatic rings. The van der Waals surface area contributed by atoms with Crippen molar-refractivity contribution in [3.8, 4) is 0 Å². The number of primary amides is 1. The van der Waals surface area contributed by atoms with Gasteiger partial charge in [-0.25, -0.2) is 0 Å². The molecule has 0 aliphatic carbocycles. The molecule has 2 heterocycles. The molecule has 7 heteroatoms. The van der Waals surface area contributed by atoms with Crippen LogP contribution in [0.25, 0.3) is 0 Å². The zero-order valence-electron chi connectivity index (χ0n) is 14.3. The maximum Gasteiger partial charge on any atom is 0.255 e. The molecule has 2 amide bonds. The first-order valence-corrected chi connectivity index (χ1v) is 8.27. The molecule has 7 nitrogen and oxygen atoms in total. The smallest absolute Gasteiger partial charge is 0.255 e. The summed E-state index contributed by atoms with van der Waals surface area (Å²) in [6, 6.07) is 0. The lowest BCUT2D eigenvalue weighted by atomic mass is 9.97. The number of hydrogen-bond acceptors (Lipinski definition) is 4. The number of aryl methyl sites for hydroxylation is 2. The maximum atomic E-state index is 12.4. The third-order valence-electron chi connectivity index (χ3n) is 4.53. The number of aromatic nitrogens is 2. The maximum absolute atomic E-state index is 12.4. The highest BCUT2D eigenvalue weighted by molar-refractivity contribution is 5.96. The number of piperidine rings is 1. The van der Waals surface area contributed by atoms with Crippen molar-refractivity contribution in [2.45, 2.75) is 40.2 Å². The molecule has 0 aromatic carbocycles. The molecule has 1 saturated heterocycles. The normalized spacial score (nSPS) is 18.8. The summed E-state index contributed by atoms with van der Waals surface area (Å²) in [5.41, 5.74) is 7.71. The van der Waals surface area contributed by atoms with E-state index in [1.165, 1.54) is 0 Å². The van der Waals surface area contributed by atoms with E-state index in [4.69, 9.17) is 5.73 Å². The van der Waals surface area contributed by atoms with Gasteiger partial charge in [0.25, 0.3) is 5.91 Å². The first-order valence-electron chi connectivity index (χ1n) is 8.27. The fourth-order valence-electron chi connectivity index (χ4n) is 3.24. The summed E-state index contributed by atoms with van der Waals surface area (Å²) in [7, 11) is 0. The van der Waals surface area contributed by atoms with Crippen LogP contribution >= 0.6 is 0 Å². The quantitative estimate of drug-likeness (QED) is 0.795. The van der Waals surface area contributed by atoms with Gasteiger partial charge in [0.15, 0.2) is 0 Å². The second-order valence-electron chi connectivity index (χ2n) is 6.16. The number of nitrogens with two attached hydrogens (primary N) is 1. The van der Waals surface area contributed by atoms with E-state index in [1.807, 2.05) is 25.5 Å². The van der Waals surface area contributed by atoms with Crippen LogP contribution < -0.4 is 11.1 Å². The summed E-state index contributed by atoms with van der Waals surface area (Å²) in [4.78, 5) is 25.9. The number of carbonyl (C=O) groups is 2. The van der Waals surface area contributed by atoms with Crippen molar-refractivity contribution in [3.05, 3.63) is 17.0 Å². The van der Waals surface area contributed by atoms with Crippen LogP contribution in [-0.4, -0.2) is 52.7 Å². The van der Waals surface area contributed by atoms with Gasteiger partial charge >= 0.3 is 0 Å². The highest BCUT2D eigenvalue weighted by Crippen LogP contribution is 2.15. The minimum absolute atomic E-state index is 0.0632. The topological polar surface area (TPSA) is 93.2 Å². The van der Waals surface area contributed by atoms with Gasteiger partial charge in [0.1, 0.15) is 0 Å². The zero-order valence-corrected chi connectivity index (χ0v) is 14.3. The van der Waals surface area contributed by atoms with Crippen molar-refractivity contribution in [1.29, 1.82) is 0 Å². The minimum Gasteiger partial charge on any atom is -0.369 e. The third kappa shape index (κ3) is 4.10. The Bertz CT molecular complexity index is 581. The average molecular weight is 321 g/mol. The lowest BCUT2D eigenvalue weighted by Gasteiger charge is -2.31. The zero-order chi connectivity index (χ0) is 17.0. The van der Waals surface area contributed by atoms with Crippen LogP contribution in [-0.2, 0) is 11.3 Å². The summed E-state index contributed by atoms with van der Waals surface area (Å²) in [5.74, 6) is -0.369. The van der Waals surface area contributed by atoms with Crippen LogP contribution in [0.2, 0.25) is 0 Å². The molecule has 23 heavy (non-hydrogen) atoms. The standard InChI is InChI=1S/C16H27N5O2/c1-4-21-12(3)14(11(2)19-21)16(23)18-7-9-20-8-5-6-13(10-20)15(17)22/h13H,4-10H2,1-3H3,(H2,17,22)(H,18,23)/t13-/m0/s1. The number of nitrogens with one attached hydrogen (secondary N) is 1. The molecule has 0 bridgehead atoms. The van der Waals surface area contributed by atoms with Crippen molar-refractivity contribution in [3.63, 3.8) is 0 Å². The first-order chi connectivity index (χ1) is 10.9. The lowest BCUT2D eigenvalue weighted by molar-refractivity contribution is -0.123. The van der Waals surface area contributed by atoms with E-state index in [9.17, 15) is 9.59 Å². The largest absolute Gasteiger partial charge is 0.369 e. The number of nitrogens with zero attached hydrogens (tertiary/aromatic N) is 3. The Morgan fingerprint density at radius 1 is 1.39 bits per heavy atom. The van der Waals surface area contributed by atoms with E-state index >= 15 is 0 Å². The summed E-state index contributed by atoms with van der Waals surface area (Å²) in [5, 5.41) is 7.33. The molecule has 0 radical (unpaired) electrons. The Morgan fingerprint density at radius 2 is 2.13 bits per heavy atom. The highest BCUT2D eigenvalue weighted by atomic mass is 16.2. The van der Waals surface area contributed by atoms with Gasteiger partial charge in [-0.15, -0.1) is 0 Å². The van der Waals surface area contributed by atoms with E-state index in [0.717, 1.165) is 43.9 Å². The number of likely N-dealkylation sites (tertiary alicyclic amines) is 1. The second kappa shape index (κ2) is 7.59. The van der Waals surface area contributed by atoms with Crippen LogP contribution in [0.4, 0.5) is 0 Å². The van der Waals surface area contributed by atoms with Crippen LogP contribution in [0.3, 0.4) is 0 Å². The van der Waals surface area contributed by atoms with Gasteiger partial charge in [-0.3, -0.25) is 14.3 Å². The predicted octanol–water partition coefficient (Wildman–Crippen LogP) is 0.447. The Hall–Kier alpha value is -1.89. The van der Waals surface area contributed by atoms with Gasteiger partial charge in [0, 0.05) is 31.9 Å². The average Bonchev–Trinajstić information content (AvgIpc) is 2.81. The summed E-state index contributed by atoms with van der Waals surface area (Å²) >= 11 is 0. The molecule has 1 fully saturated rings. The van der Waals surface area contributed by atoms with Gasteiger partial charge in [0.05, 0.1) is 17.2 Å². The van der Waals surface area contributed by atoms with Gasteiger partial charge in [0.2, 0.25) is 5.91 Å². The van der Waals surface area contributed by atoms with Crippen molar-refractivity contribution in [2.75, 3.05) is 26.2 Å². The van der Waals surface area contributed by atoms with Crippen molar-refractivity contribution < 1.29 is 9.59 Å². The van der Waals surface area contributed by atoms with Crippen molar-refractivity contribution in [1.82, 2.24) is 20.0 Å². The van der Waals surface area contributed by atoms with E-state index in [2.05, 4.69) is 15.3 Å². The second-order valence-corrected chi connectivity index (χ2v) is 6.16. The van der Waals surface area contributed by atoms with Crippen molar-refractivity contribution >= 4 is 11.8 Å². The van der Waals surface area contributed by atoms with Gasteiger partial charge < -0.3 is 16.0 Å². The highest BCUT2D eigenvalue weighted by Gasteiger charge is 2.24. The molecule has 0 saturated carbocycles. The van der Waals surface area contributed by atoms with Gasteiger partial charge in [-0.1, -0.05) is 0 Å². The number of carbonyl (C=O) groups excluding carboxylic acids is 2. The van der Waals surface area contributed by atoms with Crippen LogP contribution in [0, 0.1) is 19.8 Å². The Morgan fingerprint density at radius 3 is 2.74 bits per heavy atom. The molecule has 1 atom stereocenters. The van der Waals surface area contributed by atoms with E-state index in [0.29, 0.717) is 18.7 Å². The van der Waals surface area contributed by atoms with Crippen LogP contribution in [0.15, 0.2) is 0 Å². The van der Waals surface area contributed by atoms with Crippen LogP contribution in [0.1, 0.15) is 41.5 Å². The first kappa shape index (κ1) is 17.5. The van der Waals surface area contributed by atoms with E-state index in [1.54, 1.807) is 0 Å².